The van der Waals surface area contributed by atoms with Crippen LogP contribution in [-0.2, 0) is 9.53 Å². The third kappa shape index (κ3) is 3.93. The smallest absolute Gasteiger partial charge is 0.359 e. The van der Waals surface area contributed by atoms with Gasteiger partial charge in [0.15, 0.2) is 5.69 Å². The van der Waals surface area contributed by atoms with Gasteiger partial charge in [-0.3, -0.25) is 9.59 Å². The summed E-state index contributed by atoms with van der Waals surface area (Å²) >= 11 is 1.16. The Kier molecular flexibility index (Phi) is 5.97. The fourth-order valence-electron chi connectivity index (χ4n) is 4.61. The minimum absolute atomic E-state index is 0.00353. The first-order chi connectivity index (χ1) is 18.6. The van der Waals surface area contributed by atoms with Crippen molar-refractivity contribution >= 4 is 39.0 Å². The zero-order chi connectivity index (χ0) is 26.2. The number of thiophene rings is 1. The van der Waals surface area contributed by atoms with Gasteiger partial charge in [-0.1, -0.05) is 54.6 Å². The molecule has 0 aliphatic carbocycles. The first-order valence-electron chi connectivity index (χ1n) is 12.0. The molecule has 9 heteroatoms. The van der Waals surface area contributed by atoms with E-state index in [-0.39, 0.29) is 23.6 Å². The molecule has 0 unspecified atom stereocenters. The van der Waals surface area contributed by atoms with Crippen molar-refractivity contribution in [3.63, 3.8) is 0 Å². The summed E-state index contributed by atoms with van der Waals surface area (Å²) in [4.78, 5) is 40.3. The number of carbonyl (C=O) groups is 2. The molecule has 3 heterocycles. The quantitative estimate of drug-likeness (QED) is 0.306. The van der Waals surface area contributed by atoms with Gasteiger partial charge in [0.1, 0.15) is 16.5 Å². The molecule has 5 aromatic rings. The molecule has 1 aliphatic rings. The predicted molar refractivity (Wildman–Crippen MR) is 145 cm³/mol. The average molecular weight is 524 g/mol. The molecule has 0 saturated carbocycles. The molecule has 0 bridgehead atoms. The van der Waals surface area contributed by atoms with Crippen LogP contribution in [0.2, 0.25) is 0 Å². The van der Waals surface area contributed by atoms with Gasteiger partial charge in [0.05, 0.1) is 23.6 Å². The van der Waals surface area contributed by atoms with Crippen LogP contribution in [0.15, 0.2) is 89.0 Å². The summed E-state index contributed by atoms with van der Waals surface area (Å²) in [5, 5.41) is 9.80. The van der Waals surface area contributed by atoms with Gasteiger partial charge < -0.3 is 14.8 Å². The van der Waals surface area contributed by atoms with Crippen molar-refractivity contribution in [2.45, 2.75) is 12.8 Å². The Morgan fingerprint density at radius 2 is 1.61 bits per heavy atom. The van der Waals surface area contributed by atoms with Crippen molar-refractivity contribution < 1.29 is 19.1 Å². The van der Waals surface area contributed by atoms with Crippen molar-refractivity contribution in [2.75, 3.05) is 11.9 Å². The van der Waals surface area contributed by atoms with E-state index in [0.717, 1.165) is 27.1 Å². The SMILES string of the molecule is CCOC(=O)c1nn(-c2ccccc2)c(=O)c2c(NC(=O)C3c4ccccc4Oc4ccccc43)scc12. The van der Waals surface area contributed by atoms with Crippen LogP contribution in [0.5, 0.6) is 11.5 Å². The summed E-state index contributed by atoms with van der Waals surface area (Å²) < 4.78 is 12.4. The van der Waals surface area contributed by atoms with Crippen LogP contribution in [0.25, 0.3) is 16.5 Å². The Balaban J connectivity index is 1.48. The van der Waals surface area contributed by atoms with Gasteiger partial charge >= 0.3 is 5.97 Å². The van der Waals surface area contributed by atoms with Crippen molar-refractivity contribution in [1.82, 2.24) is 9.78 Å². The van der Waals surface area contributed by atoms with E-state index in [4.69, 9.17) is 9.47 Å². The van der Waals surface area contributed by atoms with Gasteiger partial charge in [0.2, 0.25) is 5.91 Å². The lowest BCUT2D eigenvalue weighted by atomic mass is 9.87. The van der Waals surface area contributed by atoms with E-state index < -0.39 is 17.4 Å². The molecule has 6 rings (SSSR count). The number of nitrogens with one attached hydrogen (secondary N) is 1. The summed E-state index contributed by atoms with van der Waals surface area (Å²) in [5.74, 6) is -0.427. The van der Waals surface area contributed by atoms with Gasteiger partial charge in [0, 0.05) is 21.9 Å². The molecule has 1 amide bonds. The summed E-state index contributed by atoms with van der Waals surface area (Å²) in [5.41, 5.74) is 1.48. The number of hydrogen-bond donors (Lipinski definition) is 1. The maximum atomic E-state index is 13.8. The van der Waals surface area contributed by atoms with Crippen LogP contribution in [-0.4, -0.2) is 28.3 Å². The van der Waals surface area contributed by atoms with Crippen LogP contribution in [0.4, 0.5) is 5.00 Å². The Labute approximate surface area is 221 Å². The minimum atomic E-state index is -0.656. The number of anilines is 1. The lowest BCUT2D eigenvalue weighted by Gasteiger charge is -2.27. The highest BCUT2D eigenvalue weighted by atomic mass is 32.1. The third-order valence-corrected chi connectivity index (χ3v) is 7.20. The van der Waals surface area contributed by atoms with Crippen molar-refractivity contribution in [3.05, 3.63) is 111 Å². The number of hydrogen-bond acceptors (Lipinski definition) is 7. The monoisotopic (exact) mass is 523 g/mol. The first-order valence-corrected chi connectivity index (χ1v) is 12.9. The molecule has 1 aliphatic heterocycles. The van der Waals surface area contributed by atoms with Crippen LogP contribution in [0.3, 0.4) is 0 Å². The summed E-state index contributed by atoms with van der Waals surface area (Å²) in [7, 11) is 0. The molecule has 2 aromatic heterocycles. The number of nitrogens with zero attached hydrogens (tertiary/aromatic N) is 2. The van der Waals surface area contributed by atoms with Gasteiger partial charge in [0.25, 0.3) is 5.56 Å². The second-order valence-electron chi connectivity index (χ2n) is 8.58. The second-order valence-corrected chi connectivity index (χ2v) is 9.45. The van der Waals surface area contributed by atoms with Crippen LogP contribution >= 0.6 is 11.3 Å². The van der Waals surface area contributed by atoms with E-state index >= 15 is 0 Å². The highest BCUT2D eigenvalue weighted by molar-refractivity contribution is 7.16. The van der Waals surface area contributed by atoms with Gasteiger partial charge in [-0.15, -0.1) is 11.3 Å². The van der Waals surface area contributed by atoms with Crippen molar-refractivity contribution in [3.8, 4) is 17.2 Å². The largest absolute Gasteiger partial charge is 0.461 e. The topological polar surface area (TPSA) is 99.5 Å². The number of aromatic nitrogens is 2. The molecule has 0 spiro atoms. The van der Waals surface area contributed by atoms with Gasteiger partial charge in [-0.2, -0.15) is 9.78 Å². The van der Waals surface area contributed by atoms with Gasteiger partial charge in [-0.05, 0) is 31.2 Å². The number of ether oxygens (including phenoxy) is 2. The van der Waals surface area contributed by atoms with Crippen molar-refractivity contribution in [2.24, 2.45) is 0 Å². The molecular weight excluding hydrogens is 502 g/mol. The van der Waals surface area contributed by atoms with E-state index in [2.05, 4.69) is 10.4 Å². The number of para-hydroxylation sites is 3. The second kappa shape index (κ2) is 9.60. The molecule has 0 atom stereocenters. The maximum Gasteiger partial charge on any atom is 0.359 e. The highest BCUT2D eigenvalue weighted by Gasteiger charge is 2.33. The number of fused-ring (bicyclic) bond motifs is 3. The minimum Gasteiger partial charge on any atom is -0.461 e. The van der Waals surface area contributed by atoms with E-state index in [1.165, 1.54) is 0 Å². The maximum absolute atomic E-state index is 13.8. The molecule has 0 saturated heterocycles. The molecular formula is C29H21N3O5S. The van der Waals surface area contributed by atoms with Gasteiger partial charge in [-0.25, -0.2) is 4.79 Å². The number of esters is 1. The zero-order valence-electron chi connectivity index (χ0n) is 20.2. The standard InChI is InChI=1S/C29H21N3O5S/c1-2-36-29(35)25-20-16-38-27(24(20)28(34)32(31-25)17-10-4-3-5-11-17)30-26(33)23-18-12-6-8-14-21(18)37-22-15-9-7-13-19(22)23/h3-16,23H,2H2,1H3,(H,30,33). The number of amides is 1. The Bertz CT molecular complexity index is 1710. The molecule has 0 fully saturated rings. The normalized spacial score (nSPS) is 12.3. The lowest BCUT2D eigenvalue weighted by molar-refractivity contribution is -0.116. The van der Waals surface area contributed by atoms with Crippen LogP contribution in [0, 0.1) is 0 Å². The third-order valence-electron chi connectivity index (χ3n) is 6.30. The van der Waals surface area contributed by atoms with Crippen molar-refractivity contribution in [1.29, 1.82) is 0 Å². The average Bonchev–Trinajstić information content (AvgIpc) is 3.36. The fraction of sp³-hybridized carbons (Fsp3) is 0.103. The van der Waals surface area contributed by atoms with E-state index in [1.807, 2.05) is 54.6 Å². The molecule has 188 valence electrons. The Hall–Kier alpha value is -4.76. The predicted octanol–water partition coefficient (Wildman–Crippen LogP) is 5.50. The number of rotatable bonds is 5. The number of benzene rings is 3. The molecule has 38 heavy (non-hydrogen) atoms. The summed E-state index contributed by atoms with van der Waals surface area (Å²) in [6, 6.07) is 23.6. The molecule has 3 aromatic carbocycles. The van der Waals surface area contributed by atoms with E-state index in [9.17, 15) is 14.4 Å². The molecule has 8 nitrogen and oxygen atoms in total. The highest BCUT2D eigenvalue weighted by Crippen LogP contribution is 2.44. The lowest BCUT2D eigenvalue weighted by Crippen LogP contribution is -2.27. The van der Waals surface area contributed by atoms with Crippen LogP contribution in [0.1, 0.15) is 34.5 Å². The fourth-order valence-corrected chi connectivity index (χ4v) is 5.55. The van der Waals surface area contributed by atoms with E-state index in [1.54, 1.807) is 36.6 Å². The first kappa shape index (κ1) is 23.6. The Morgan fingerprint density at radius 3 is 2.26 bits per heavy atom. The Morgan fingerprint density at radius 1 is 0.974 bits per heavy atom. The van der Waals surface area contributed by atoms with E-state index in [0.29, 0.717) is 27.6 Å². The molecule has 1 N–H and O–H groups in total. The summed E-state index contributed by atoms with van der Waals surface area (Å²) in [6.07, 6.45) is 0. The number of carbonyl (C=O) groups excluding carboxylic acids is 2. The molecule has 0 radical (unpaired) electrons. The summed E-state index contributed by atoms with van der Waals surface area (Å²) in [6.45, 7) is 1.86. The van der Waals surface area contributed by atoms with Crippen LogP contribution < -0.4 is 15.6 Å². The zero-order valence-corrected chi connectivity index (χ0v) is 21.0.